The number of carboxylic acids is 1. The lowest BCUT2D eigenvalue weighted by Gasteiger charge is -2.12. The molecule has 152 valence electrons. The second-order valence-electron chi connectivity index (χ2n) is 6.62. The number of ether oxygens (including phenoxy) is 2. The van der Waals surface area contributed by atoms with Crippen molar-refractivity contribution in [2.24, 2.45) is 0 Å². The molecule has 1 aliphatic rings. The van der Waals surface area contributed by atoms with Gasteiger partial charge in [-0.2, -0.15) is 4.98 Å². The van der Waals surface area contributed by atoms with Gasteiger partial charge >= 0.3 is 5.97 Å². The highest BCUT2D eigenvalue weighted by atomic mass is 16.5. The summed E-state index contributed by atoms with van der Waals surface area (Å²) in [6.45, 7) is 0.536. The van der Waals surface area contributed by atoms with Crippen molar-refractivity contribution in [2.45, 2.75) is 6.54 Å². The third-order valence-corrected chi connectivity index (χ3v) is 4.62. The lowest BCUT2D eigenvalue weighted by molar-refractivity contribution is 0.0696. The summed E-state index contributed by atoms with van der Waals surface area (Å²) in [6, 6.07) is 11.4. The van der Waals surface area contributed by atoms with E-state index in [1.54, 1.807) is 30.1 Å². The van der Waals surface area contributed by atoms with E-state index in [2.05, 4.69) is 15.3 Å². The van der Waals surface area contributed by atoms with Crippen LogP contribution in [-0.2, 0) is 6.54 Å². The van der Waals surface area contributed by atoms with Crippen molar-refractivity contribution in [3.8, 4) is 17.4 Å². The number of nitrogens with zero attached hydrogens (tertiary/aromatic N) is 3. The molecule has 0 unspecified atom stereocenters. The monoisotopic (exact) mass is 406 g/mol. The molecule has 0 aliphatic carbocycles. The molecule has 0 bridgehead atoms. The molecule has 1 aliphatic heterocycles. The highest BCUT2D eigenvalue weighted by Gasteiger charge is 2.28. The molecule has 0 fully saturated rings. The Kier molecular flexibility index (Phi) is 4.93. The van der Waals surface area contributed by atoms with Crippen LogP contribution in [0.5, 0.6) is 17.4 Å². The quantitative estimate of drug-likeness (QED) is 0.641. The fourth-order valence-electron chi connectivity index (χ4n) is 3.17. The van der Waals surface area contributed by atoms with Crippen molar-refractivity contribution < 1.29 is 24.2 Å². The number of carbonyl (C=O) groups excluding carboxylic acids is 1. The average molecular weight is 406 g/mol. The summed E-state index contributed by atoms with van der Waals surface area (Å²) >= 11 is 0. The Morgan fingerprint density at radius 3 is 2.80 bits per heavy atom. The van der Waals surface area contributed by atoms with Crippen LogP contribution in [0, 0.1) is 0 Å². The Balaban J connectivity index is 1.59. The van der Waals surface area contributed by atoms with Gasteiger partial charge in [0.05, 0.1) is 23.9 Å². The molecule has 2 heterocycles. The van der Waals surface area contributed by atoms with E-state index in [4.69, 9.17) is 14.6 Å². The molecule has 1 amide bonds. The molecule has 30 heavy (non-hydrogen) atoms. The average Bonchev–Trinajstić information content (AvgIpc) is 3.03. The predicted octanol–water partition coefficient (Wildman–Crippen LogP) is 3.30. The number of aromatic carboxylic acids is 1. The van der Waals surface area contributed by atoms with Crippen molar-refractivity contribution in [1.82, 2.24) is 14.9 Å². The highest BCUT2D eigenvalue weighted by Crippen LogP contribution is 2.33. The van der Waals surface area contributed by atoms with Crippen LogP contribution in [-0.4, -0.2) is 46.0 Å². The number of nitrogens with one attached hydrogen (secondary N) is 1. The molecule has 0 saturated carbocycles. The SMILES string of the molecule is COc1cc(C(=O)O)ccc1Nc1nccc(Oc2cccc3c2C(=O)N(C)C3)n1. The molecular weight excluding hydrogens is 388 g/mol. The minimum atomic E-state index is -1.05. The number of fused-ring (bicyclic) bond motifs is 1. The van der Waals surface area contributed by atoms with Crippen LogP contribution < -0.4 is 14.8 Å². The van der Waals surface area contributed by atoms with Gasteiger partial charge in [0.15, 0.2) is 0 Å². The Bertz CT molecular complexity index is 1150. The summed E-state index contributed by atoms with van der Waals surface area (Å²) in [5.74, 6) is 0.0850. The second kappa shape index (κ2) is 7.70. The molecule has 0 radical (unpaired) electrons. The number of benzene rings is 2. The smallest absolute Gasteiger partial charge is 0.335 e. The molecule has 1 aromatic heterocycles. The van der Waals surface area contributed by atoms with Gasteiger partial charge < -0.3 is 24.8 Å². The largest absolute Gasteiger partial charge is 0.495 e. The summed E-state index contributed by atoms with van der Waals surface area (Å²) in [4.78, 5) is 33.7. The summed E-state index contributed by atoms with van der Waals surface area (Å²) < 4.78 is 11.1. The first kappa shape index (κ1) is 19.2. The molecule has 0 saturated heterocycles. The van der Waals surface area contributed by atoms with Gasteiger partial charge in [0.1, 0.15) is 11.5 Å². The fourth-order valence-corrected chi connectivity index (χ4v) is 3.17. The lowest BCUT2D eigenvalue weighted by atomic mass is 10.1. The van der Waals surface area contributed by atoms with Gasteiger partial charge in [0, 0.05) is 25.9 Å². The molecule has 9 nitrogen and oxygen atoms in total. The molecule has 2 aromatic carbocycles. The first-order chi connectivity index (χ1) is 14.5. The molecule has 0 atom stereocenters. The zero-order valence-corrected chi connectivity index (χ0v) is 16.2. The van der Waals surface area contributed by atoms with Crippen molar-refractivity contribution in [3.63, 3.8) is 0 Å². The molecule has 0 spiro atoms. The molecule has 3 aromatic rings. The number of hydrogen-bond donors (Lipinski definition) is 2. The number of aromatic nitrogens is 2. The third-order valence-electron chi connectivity index (χ3n) is 4.62. The van der Waals surface area contributed by atoms with E-state index in [9.17, 15) is 9.59 Å². The number of hydrogen-bond acceptors (Lipinski definition) is 7. The number of carbonyl (C=O) groups is 2. The van der Waals surface area contributed by atoms with Crippen molar-refractivity contribution in [2.75, 3.05) is 19.5 Å². The zero-order valence-electron chi connectivity index (χ0n) is 16.2. The van der Waals surface area contributed by atoms with E-state index in [0.717, 1.165) is 5.56 Å². The molecule has 4 rings (SSSR count). The van der Waals surface area contributed by atoms with Crippen LogP contribution in [0.2, 0.25) is 0 Å². The van der Waals surface area contributed by atoms with Gasteiger partial charge in [-0.25, -0.2) is 9.78 Å². The topological polar surface area (TPSA) is 114 Å². The molecular formula is C21H18N4O5. The van der Waals surface area contributed by atoms with Gasteiger partial charge in [-0.1, -0.05) is 12.1 Å². The van der Waals surface area contributed by atoms with Crippen molar-refractivity contribution in [1.29, 1.82) is 0 Å². The fraction of sp³-hybridized carbons (Fsp3) is 0.143. The van der Waals surface area contributed by atoms with Gasteiger partial charge in [-0.3, -0.25) is 4.79 Å². The summed E-state index contributed by atoms with van der Waals surface area (Å²) in [5, 5.41) is 12.1. The minimum Gasteiger partial charge on any atom is -0.495 e. The first-order valence-electron chi connectivity index (χ1n) is 9.03. The van der Waals surface area contributed by atoms with Crippen LogP contribution in [0.25, 0.3) is 0 Å². The number of amides is 1. The van der Waals surface area contributed by atoms with E-state index in [1.807, 2.05) is 12.1 Å². The number of anilines is 2. The van der Waals surface area contributed by atoms with Crippen molar-refractivity contribution >= 4 is 23.5 Å². The standard InChI is InChI=1S/C21H18N4O5/c1-25-11-13-4-3-5-15(18(13)19(25)26)30-17-8-9-22-21(24-17)23-14-7-6-12(20(27)28)10-16(14)29-2/h3-10H,11H2,1-2H3,(H,27,28)(H,22,23,24). The summed E-state index contributed by atoms with van der Waals surface area (Å²) in [5.41, 5.74) is 2.02. The van der Waals surface area contributed by atoms with E-state index < -0.39 is 5.97 Å². The summed E-state index contributed by atoms with van der Waals surface area (Å²) in [7, 11) is 3.18. The molecule has 9 heteroatoms. The Morgan fingerprint density at radius 1 is 1.20 bits per heavy atom. The van der Waals surface area contributed by atoms with Crippen LogP contribution >= 0.6 is 0 Å². The van der Waals surface area contributed by atoms with Crippen LogP contribution in [0.15, 0.2) is 48.7 Å². The lowest BCUT2D eigenvalue weighted by Crippen LogP contribution is -2.17. The van der Waals surface area contributed by atoms with Crippen LogP contribution in [0.1, 0.15) is 26.3 Å². The summed E-state index contributed by atoms with van der Waals surface area (Å²) in [6.07, 6.45) is 1.51. The van der Waals surface area contributed by atoms with E-state index in [0.29, 0.717) is 29.3 Å². The van der Waals surface area contributed by atoms with Gasteiger partial charge in [-0.15, -0.1) is 0 Å². The van der Waals surface area contributed by atoms with Crippen LogP contribution in [0.3, 0.4) is 0 Å². The number of methoxy groups -OCH3 is 1. The maximum atomic E-state index is 12.4. The van der Waals surface area contributed by atoms with E-state index in [1.165, 1.54) is 25.4 Å². The number of carboxylic acid groups (broad SMARTS) is 1. The molecule has 2 N–H and O–H groups in total. The van der Waals surface area contributed by atoms with Gasteiger partial charge in [0.25, 0.3) is 5.91 Å². The maximum absolute atomic E-state index is 12.4. The first-order valence-corrected chi connectivity index (χ1v) is 9.03. The Labute approximate surface area is 171 Å². The minimum absolute atomic E-state index is 0.1000. The Morgan fingerprint density at radius 2 is 2.03 bits per heavy atom. The zero-order chi connectivity index (χ0) is 21.3. The van der Waals surface area contributed by atoms with Crippen molar-refractivity contribution in [3.05, 3.63) is 65.4 Å². The maximum Gasteiger partial charge on any atom is 0.335 e. The predicted molar refractivity (Wildman–Crippen MR) is 108 cm³/mol. The highest BCUT2D eigenvalue weighted by molar-refractivity contribution is 6.00. The second-order valence-corrected chi connectivity index (χ2v) is 6.62. The van der Waals surface area contributed by atoms with E-state index >= 15 is 0 Å². The van der Waals surface area contributed by atoms with Gasteiger partial charge in [-0.05, 0) is 29.8 Å². The Hall–Kier alpha value is -4.14. The van der Waals surface area contributed by atoms with E-state index in [-0.39, 0.29) is 23.3 Å². The normalized spacial score (nSPS) is 12.5. The van der Waals surface area contributed by atoms with Gasteiger partial charge in [0.2, 0.25) is 11.8 Å². The third kappa shape index (κ3) is 3.60. The van der Waals surface area contributed by atoms with Crippen LogP contribution in [0.4, 0.5) is 11.6 Å². The number of rotatable bonds is 6.